The molecule has 1 fully saturated rings. The molecule has 1 aromatic carbocycles. The number of rotatable bonds is 7. The van der Waals surface area contributed by atoms with E-state index < -0.39 is 29.0 Å². The Bertz CT molecular complexity index is 1200. The maximum absolute atomic E-state index is 14.3. The number of hydrogen-bond acceptors (Lipinski definition) is 6. The van der Waals surface area contributed by atoms with E-state index in [0.717, 1.165) is 0 Å². The second-order valence-corrected chi connectivity index (χ2v) is 8.64. The van der Waals surface area contributed by atoms with Crippen molar-refractivity contribution in [1.82, 2.24) is 15.3 Å². The minimum absolute atomic E-state index is 0.0717. The molecular weight excluding hydrogens is 451 g/mol. The second kappa shape index (κ2) is 8.53. The number of carbonyl (C=O) groups is 3. The molecule has 0 spiro atoms. The predicted molar refractivity (Wildman–Crippen MR) is 121 cm³/mol. The Morgan fingerprint density at radius 2 is 2.00 bits per heavy atom. The van der Waals surface area contributed by atoms with Crippen molar-refractivity contribution in [2.24, 2.45) is 11.6 Å². The van der Waals surface area contributed by atoms with Gasteiger partial charge in [-0.15, -0.1) is 0 Å². The van der Waals surface area contributed by atoms with Crippen LogP contribution in [-0.2, 0) is 17.8 Å². The van der Waals surface area contributed by atoms with E-state index in [4.69, 9.17) is 23.2 Å². The molecule has 0 atom stereocenters. The summed E-state index contributed by atoms with van der Waals surface area (Å²) in [5.74, 6) is 2.37. The molecule has 9 nitrogen and oxygen atoms in total. The highest BCUT2D eigenvalue weighted by Crippen LogP contribution is 2.40. The molecule has 2 aromatic rings. The van der Waals surface area contributed by atoms with Crippen LogP contribution in [0.5, 0.6) is 0 Å². The second-order valence-electron chi connectivity index (χ2n) is 8.24. The molecule has 11 heteroatoms. The van der Waals surface area contributed by atoms with E-state index in [-0.39, 0.29) is 22.0 Å². The Labute approximate surface area is 194 Å². The summed E-state index contributed by atoms with van der Waals surface area (Å²) in [7, 11) is 0. The molecule has 4 rings (SSSR count). The lowest BCUT2D eigenvalue weighted by Gasteiger charge is -2.17. The van der Waals surface area contributed by atoms with Crippen molar-refractivity contribution in [2.75, 3.05) is 5.32 Å². The third-order valence-electron chi connectivity index (χ3n) is 6.15. The van der Waals surface area contributed by atoms with Gasteiger partial charge in [-0.05, 0) is 50.3 Å². The standard InChI is InChI=1S/C22H24ClFN6O3/c1-11-16(19(31)21(33)29-22(7-8-22)15(25)10-27-26)14-6-3-9-30(14)18(11)20(32)28-13-5-2-4-12(23)17(13)24/h2,4-5,10,27H,3,6-9,25-26H2,1H3,(H,28,32)(H,29,33)/b15-10-. The Hall–Kier alpha value is -3.37. The third kappa shape index (κ3) is 3.96. The van der Waals surface area contributed by atoms with Crippen LogP contribution in [0.1, 0.15) is 51.4 Å². The number of ketones is 1. The summed E-state index contributed by atoms with van der Waals surface area (Å²) in [4.78, 5) is 39.1. The monoisotopic (exact) mass is 474 g/mol. The topological polar surface area (TPSA) is 144 Å². The van der Waals surface area contributed by atoms with Crippen molar-refractivity contribution in [3.8, 4) is 0 Å². The lowest BCUT2D eigenvalue weighted by Crippen LogP contribution is -2.45. The summed E-state index contributed by atoms with van der Waals surface area (Å²) in [6, 6.07) is 4.29. The van der Waals surface area contributed by atoms with Crippen LogP contribution in [0, 0.1) is 12.7 Å². The van der Waals surface area contributed by atoms with E-state index in [2.05, 4.69) is 16.1 Å². The largest absolute Gasteiger partial charge is 0.399 e. The fourth-order valence-corrected chi connectivity index (χ4v) is 4.50. The molecule has 0 bridgehead atoms. The summed E-state index contributed by atoms with van der Waals surface area (Å²) in [6.45, 7) is 2.11. The number of anilines is 1. The molecule has 174 valence electrons. The first-order valence-electron chi connectivity index (χ1n) is 10.5. The summed E-state index contributed by atoms with van der Waals surface area (Å²) in [5.41, 5.74) is 9.13. The van der Waals surface area contributed by atoms with Gasteiger partial charge in [-0.25, -0.2) is 4.39 Å². The van der Waals surface area contributed by atoms with Gasteiger partial charge >= 0.3 is 0 Å². The van der Waals surface area contributed by atoms with Crippen LogP contribution in [0.4, 0.5) is 10.1 Å². The van der Waals surface area contributed by atoms with Gasteiger partial charge in [-0.2, -0.15) is 0 Å². The maximum atomic E-state index is 14.3. The van der Waals surface area contributed by atoms with E-state index >= 15 is 0 Å². The summed E-state index contributed by atoms with van der Waals surface area (Å²) < 4.78 is 16.0. The van der Waals surface area contributed by atoms with Crippen LogP contribution in [0.2, 0.25) is 5.02 Å². The molecule has 1 aromatic heterocycles. The molecule has 1 aliphatic heterocycles. The van der Waals surface area contributed by atoms with E-state index in [0.29, 0.717) is 49.2 Å². The van der Waals surface area contributed by atoms with Crippen molar-refractivity contribution in [3.63, 3.8) is 0 Å². The van der Waals surface area contributed by atoms with Crippen molar-refractivity contribution in [3.05, 3.63) is 63.5 Å². The Balaban J connectivity index is 1.63. The van der Waals surface area contributed by atoms with Gasteiger partial charge in [0.1, 0.15) is 5.69 Å². The number of halogens is 2. The van der Waals surface area contributed by atoms with Crippen LogP contribution in [-0.4, -0.2) is 27.7 Å². The molecule has 1 saturated carbocycles. The van der Waals surface area contributed by atoms with Gasteiger partial charge in [-0.3, -0.25) is 20.2 Å². The van der Waals surface area contributed by atoms with Gasteiger partial charge < -0.3 is 26.4 Å². The van der Waals surface area contributed by atoms with Gasteiger partial charge in [0.15, 0.2) is 5.82 Å². The number of benzene rings is 1. The Morgan fingerprint density at radius 3 is 2.67 bits per heavy atom. The molecule has 0 unspecified atom stereocenters. The maximum Gasteiger partial charge on any atom is 0.293 e. The molecule has 1 aliphatic carbocycles. The Kier molecular flexibility index (Phi) is 5.89. The first-order valence-corrected chi connectivity index (χ1v) is 10.8. The van der Waals surface area contributed by atoms with Gasteiger partial charge in [0.05, 0.1) is 27.5 Å². The molecule has 2 heterocycles. The zero-order valence-electron chi connectivity index (χ0n) is 17.9. The number of hydrogen-bond donors (Lipinski definition) is 5. The number of aromatic nitrogens is 1. The minimum atomic E-state index is -0.808. The molecule has 0 radical (unpaired) electrons. The third-order valence-corrected chi connectivity index (χ3v) is 6.44. The average molecular weight is 475 g/mol. The number of nitrogens with zero attached hydrogens (tertiary/aromatic N) is 1. The predicted octanol–water partition coefficient (Wildman–Crippen LogP) is 1.88. The fourth-order valence-electron chi connectivity index (χ4n) is 4.32. The minimum Gasteiger partial charge on any atom is -0.399 e. The summed E-state index contributed by atoms with van der Waals surface area (Å²) in [5, 5.41) is 5.11. The molecule has 0 saturated heterocycles. The molecular formula is C22H24ClFN6O3. The number of hydrazine groups is 1. The number of nitrogens with two attached hydrogens (primary N) is 2. The molecule has 33 heavy (non-hydrogen) atoms. The SMILES string of the molecule is Cc1c(C(=O)C(=O)NC2(/C(N)=C/NN)CC2)c2n(c1C(=O)Nc1cccc(Cl)c1F)CCC2. The number of nitrogens with one attached hydrogen (secondary N) is 3. The van der Waals surface area contributed by atoms with Crippen LogP contribution in [0.3, 0.4) is 0 Å². The highest BCUT2D eigenvalue weighted by atomic mass is 35.5. The smallest absolute Gasteiger partial charge is 0.293 e. The lowest BCUT2D eigenvalue weighted by molar-refractivity contribution is -0.117. The van der Waals surface area contributed by atoms with E-state index in [1.54, 1.807) is 11.5 Å². The number of Topliss-reactive ketones (excluding diaryl/α,β-unsaturated/α-hetero) is 1. The van der Waals surface area contributed by atoms with Crippen molar-refractivity contribution in [2.45, 2.75) is 44.7 Å². The van der Waals surface area contributed by atoms with Crippen LogP contribution in [0.25, 0.3) is 0 Å². The lowest BCUT2D eigenvalue weighted by atomic mass is 10.0. The fraction of sp³-hybridized carbons (Fsp3) is 0.318. The highest BCUT2D eigenvalue weighted by molar-refractivity contribution is 6.44. The zero-order chi connectivity index (χ0) is 23.9. The van der Waals surface area contributed by atoms with E-state index in [9.17, 15) is 18.8 Å². The van der Waals surface area contributed by atoms with E-state index in [1.165, 1.54) is 24.4 Å². The molecule has 7 N–H and O–H groups in total. The van der Waals surface area contributed by atoms with Gasteiger partial charge in [-0.1, -0.05) is 17.7 Å². The first-order chi connectivity index (χ1) is 15.7. The molecule has 2 amide bonds. The quantitative estimate of drug-likeness (QED) is 0.179. The summed E-state index contributed by atoms with van der Waals surface area (Å²) in [6.07, 6.45) is 3.79. The average Bonchev–Trinajstić information content (AvgIpc) is 3.31. The van der Waals surface area contributed by atoms with Gasteiger partial charge in [0, 0.05) is 18.4 Å². The Morgan fingerprint density at radius 1 is 1.27 bits per heavy atom. The van der Waals surface area contributed by atoms with E-state index in [1.807, 2.05) is 0 Å². The van der Waals surface area contributed by atoms with Crippen molar-refractivity contribution in [1.29, 1.82) is 0 Å². The highest BCUT2D eigenvalue weighted by Gasteiger charge is 2.48. The summed E-state index contributed by atoms with van der Waals surface area (Å²) >= 11 is 5.80. The van der Waals surface area contributed by atoms with Gasteiger partial charge in [0.25, 0.3) is 17.6 Å². The number of fused-ring (bicyclic) bond motifs is 1. The normalized spacial score (nSPS) is 16.2. The van der Waals surface area contributed by atoms with Gasteiger partial charge in [0.2, 0.25) is 0 Å². The molecule has 2 aliphatic rings. The number of amides is 2. The van der Waals surface area contributed by atoms with Crippen molar-refractivity contribution < 1.29 is 18.8 Å². The van der Waals surface area contributed by atoms with Crippen LogP contribution < -0.4 is 27.6 Å². The zero-order valence-corrected chi connectivity index (χ0v) is 18.7. The number of carbonyl (C=O) groups excluding carboxylic acids is 3. The first kappa shape index (κ1) is 22.8. The van der Waals surface area contributed by atoms with Crippen LogP contribution in [0.15, 0.2) is 30.1 Å². The van der Waals surface area contributed by atoms with Crippen molar-refractivity contribution >= 4 is 34.9 Å². The van der Waals surface area contributed by atoms with Crippen LogP contribution >= 0.6 is 11.6 Å².